The summed E-state index contributed by atoms with van der Waals surface area (Å²) >= 11 is 0. The summed E-state index contributed by atoms with van der Waals surface area (Å²) in [6.45, 7) is 4.11. The number of hydrogen-bond donors (Lipinski definition) is 0. The molecule has 1 rings (SSSR count). The highest BCUT2D eigenvalue weighted by atomic mass is 19.1. The van der Waals surface area contributed by atoms with E-state index >= 15 is 0 Å². The molecule has 0 aliphatic carbocycles. The Balaban J connectivity index is 2.55. The summed E-state index contributed by atoms with van der Waals surface area (Å²) < 4.78 is 18.5. The maximum absolute atomic E-state index is 14.1. The smallest absolute Gasteiger partial charge is 0.345 e. The van der Waals surface area contributed by atoms with Gasteiger partial charge in [-0.15, -0.1) is 0 Å². The second kappa shape index (κ2) is 5.47. The number of halogens is 1. The topological polar surface area (TPSA) is 46.6 Å². The van der Waals surface area contributed by atoms with Gasteiger partial charge < -0.3 is 9.64 Å². The van der Waals surface area contributed by atoms with E-state index in [1.54, 1.807) is 0 Å². The standard InChI is InChI=1S/C12H20FNO3/c1-4-9(2)7-10(15)14-6-5-12(13,8-14)11(16)17-3/h9H,4-8H2,1-3H3/t9-,12+/m0/s1. The first kappa shape index (κ1) is 13.9. The van der Waals surface area contributed by atoms with Crippen molar-refractivity contribution in [1.82, 2.24) is 4.90 Å². The average Bonchev–Trinajstić information content (AvgIpc) is 2.72. The minimum absolute atomic E-state index is 0.0337. The van der Waals surface area contributed by atoms with E-state index in [1.165, 1.54) is 4.90 Å². The molecule has 0 spiro atoms. The molecule has 0 aromatic rings. The van der Waals surface area contributed by atoms with Gasteiger partial charge in [0.05, 0.1) is 13.7 Å². The average molecular weight is 245 g/mol. The van der Waals surface area contributed by atoms with E-state index in [0.29, 0.717) is 13.0 Å². The van der Waals surface area contributed by atoms with Crippen LogP contribution >= 0.6 is 0 Å². The fourth-order valence-electron chi connectivity index (χ4n) is 1.91. The molecule has 0 N–H and O–H groups in total. The minimum Gasteiger partial charge on any atom is -0.467 e. The molecule has 0 radical (unpaired) electrons. The van der Waals surface area contributed by atoms with Crippen molar-refractivity contribution >= 4 is 11.9 Å². The van der Waals surface area contributed by atoms with Crippen LogP contribution in [0.1, 0.15) is 33.1 Å². The predicted molar refractivity (Wildman–Crippen MR) is 61.1 cm³/mol. The number of rotatable bonds is 4. The number of carbonyl (C=O) groups is 2. The molecule has 0 aromatic heterocycles. The van der Waals surface area contributed by atoms with Crippen molar-refractivity contribution in [3.63, 3.8) is 0 Å². The van der Waals surface area contributed by atoms with Crippen molar-refractivity contribution < 1.29 is 18.7 Å². The van der Waals surface area contributed by atoms with Crippen LogP contribution in [-0.2, 0) is 14.3 Å². The molecule has 17 heavy (non-hydrogen) atoms. The Hall–Kier alpha value is -1.13. The summed E-state index contributed by atoms with van der Waals surface area (Å²) in [6.07, 6.45) is 1.36. The third-order valence-electron chi connectivity index (χ3n) is 3.34. The lowest BCUT2D eigenvalue weighted by molar-refractivity contribution is -0.154. The van der Waals surface area contributed by atoms with Crippen molar-refractivity contribution in [1.29, 1.82) is 0 Å². The monoisotopic (exact) mass is 245 g/mol. The van der Waals surface area contributed by atoms with Crippen LogP contribution in [0.15, 0.2) is 0 Å². The maximum atomic E-state index is 14.1. The van der Waals surface area contributed by atoms with Crippen LogP contribution in [0, 0.1) is 5.92 Å². The van der Waals surface area contributed by atoms with Gasteiger partial charge in [-0.2, -0.15) is 0 Å². The number of alkyl halides is 1. The first-order valence-electron chi connectivity index (χ1n) is 5.98. The van der Waals surface area contributed by atoms with Crippen LogP contribution in [0.2, 0.25) is 0 Å². The van der Waals surface area contributed by atoms with E-state index in [9.17, 15) is 14.0 Å². The molecule has 0 unspecified atom stereocenters. The summed E-state index contributed by atoms with van der Waals surface area (Å²) in [6, 6.07) is 0. The first-order chi connectivity index (χ1) is 7.92. The van der Waals surface area contributed by atoms with Gasteiger partial charge in [0, 0.05) is 19.4 Å². The first-order valence-corrected chi connectivity index (χ1v) is 5.98. The Morgan fingerprint density at radius 3 is 2.71 bits per heavy atom. The SMILES string of the molecule is CC[C@H](C)CC(=O)N1CC[C@](F)(C(=O)OC)C1. The van der Waals surface area contributed by atoms with E-state index in [0.717, 1.165) is 13.5 Å². The van der Waals surface area contributed by atoms with Crippen molar-refractivity contribution in [2.24, 2.45) is 5.92 Å². The van der Waals surface area contributed by atoms with Gasteiger partial charge in [-0.05, 0) is 5.92 Å². The molecule has 1 aliphatic rings. The molecule has 98 valence electrons. The lowest BCUT2D eigenvalue weighted by atomic mass is 10.0. The van der Waals surface area contributed by atoms with Crippen LogP contribution < -0.4 is 0 Å². The van der Waals surface area contributed by atoms with E-state index in [2.05, 4.69) is 4.74 Å². The molecule has 5 heteroatoms. The Labute approximate surface area is 101 Å². The Bertz CT molecular complexity index is 308. The summed E-state index contributed by atoms with van der Waals surface area (Å²) in [4.78, 5) is 24.5. The van der Waals surface area contributed by atoms with Gasteiger partial charge in [-0.1, -0.05) is 20.3 Å². The lowest BCUT2D eigenvalue weighted by Gasteiger charge is -2.20. The number of methoxy groups -OCH3 is 1. The number of hydrogen-bond acceptors (Lipinski definition) is 3. The summed E-state index contributed by atoms with van der Waals surface area (Å²) in [7, 11) is 1.16. The summed E-state index contributed by atoms with van der Waals surface area (Å²) in [5, 5.41) is 0. The Morgan fingerprint density at radius 1 is 1.53 bits per heavy atom. The molecule has 0 bridgehead atoms. The van der Waals surface area contributed by atoms with Crippen molar-refractivity contribution in [2.75, 3.05) is 20.2 Å². The summed E-state index contributed by atoms with van der Waals surface area (Å²) in [5.41, 5.74) is -2.01. The molecular formula is C12H20FNO3. The third-order valence-corrected chi connectivity index (χ3v) is 3.34. The van der Waals surface area contributed by atoms with Gasteiger partial charge in [0.1, 0.15) is 0 Å². The molecule has 1 saturated heterocycles. The number of amides is 1. The van der Waals surface area contributed by atoms with E-state index in [4.69, 9.17) is 0 Å². The van der Waals surface area contributed by atoms with Gasteiger partial charge >= 0.3 is 5.97 Å². The highest BCUT2D eigenvalue weighted by Gasteiger charge is 2.47. The number of ether oxygens (including phenoxy) is 1. The Kier molecular flexibility index (Phi) is 4.48. The molecule has 0 saturated carbocycles. The predicted octanol–water partition coefficient (Wildman–Crippen LogP) is 1.54. The lowest BCUT2D eigenvalue weighted by Crippen LogP contribution is -2.40. The quantitative estimate of drug-likeness (QED) is 0.706. The molecule has 1 fully saturated rings. The molecular weight excluding hydrogens is 225 g/mol. The van der Waals surface area contributed by atoms with E-state index in [1.807, 2.05) is 13.8 Å². The zero-order valence-electron chi connectivity index (χ0n) is 10.7. The van der Waals surface area contributed by atoms with E-state index < -0.39 is 11.6 Å². The normalized spacial score (nSPS) is 25.8. The zero-order valence-corrected chi connectivity index (χ0v) is 10.7. The van der Waals surface area contributed by atoms with Crippen molar-refractivity contribution in [3.8, 4) is 0 Å². The second-order valence-corrected chi connectivity index (χ2v) is 4.74. The van der Waals surface area contributed by atoms with Crippen LogP contribution in [0.4, 0.5) is 4.39 Å². The van der Waals surface area contributed by atoms with Crippen LogP contribution in [-0.4, -0.2) is 42.6 Å². The number of likely N-dealkylation sites (tertiary alicyclic amines) is 1. The highest BCUT2D eigenvalue weighted by molar-refractivity contribution is 5.83. The Morgan fingerprint density at radius 2 is 2.18 bits per heavy atom. The third kappa shape index (κ3) is 3.17. The largest absolute Gasteiger partial charge is 0.467 e. The molecule has 1 amide bonds. The number of esters is 1. The molecule has 1 heterocycles. The van der Waals surface area contributed by atoms with Gasteiger partial charge in [-0.3, -0.25) is 4.79 Å². The van der Waals surface area contributed by atoms with Crippen molar-refractivity contribution in [3.05, 3.63) is 0 Å². The minimum atomic E-state index is -2.01. The highest BCUT2D eigenvalue weighted by Crippen LogP contribution is 2.28. The fraction of sp³-hybridized carbons (Fsp3) is 0.833. The number of nitrogens with zero attached hydrogens (tertiary/aromatic N) is 1. The fourth-order valence-corrected chi connectivity index (χ4v) is 1.91. The van der Waals surface area contributed by atoms with Crippen LogP contribution in [0.5, 0.6) is 0 Å². The van der Waals surface area contributed by atoms with Gasteiger partial charge in [0.2, 0.25) is 11.6 Å². The van der Waals surface area contributed by atoms with Gasteiger partial charge in [0.25, 0.3) is 0 Å². The zero-order chi connectivity index (χ0) is 13.1. The summed E-state index contributed by atoms with van der Waals surface area (Å²) in [5.74, 6) is -0.672. The molecule has 2 atom stereocenters. The van der Waals surface area contributed by atoms with Crippen LogP contribution in [0.3, 0.4) is 0 Å². The van der Waals surface area contributed by atoms with Gasteiger partial charge in [0.15, 0.2) is 0 Å². The second-order valence-electron chi connectivity index (χ2n) is 4.74. The van der Waals surface area contributed by atoms with E-state index in [-0.39, 0.29) is 24.8 Å². The van der Waals surface area contributed by atoms with Crippen molar-refractivity contribution in [2.45, 2.75) is 38.8 Å². The van der Waals surface area contributed by atoms with Crippen LogP contribution in [0.25, 0.3) is 0 Å². The molecule has 1 aliphatic heterocycles. The molecule has 0 aromatic carbocycles. The molecule has 4 nitrogen and oxygen atoms in total. The maximum Gasteiger partial charge on any atom is 0.345 e. The number of carbonyl (C=O) groups excluding carboxylic acids is 2. The van der Waals surface area contributed by atoms with Gasteiger partial charge in [-0.25, -0.2) is 9.18 Å².